The largest absolute Gasteiger partial charge is 0.451 e. The topological polar surface area (TPSA) is 92.7 Å². The van der Waals surface area contributed by atoms with Crippen LogP contribution in [0, 0.1) is 0 Å². The summed E-state index contributed by atoms with van der Waals surface area (Å²) in [5.41, 5.74) is 1.68. The number of morpholine rings is 1. The lowest BCUT2D eigenvalue weighted by atomic mass is 10.1. The maximum atomic E-state index is 13.3. The maximum absolute atomic E-state index is 13.3. The Kier molecular flexibility index (Phi) is 8.01. The Bertz CT molecular complexity index is 1240. The van der Waals surface area contributed by atoms with Crippen molar-refractivity contribution in [2.45, 2.75) is 18.6 Å². The lowest BCUT2D eigenvalue weighted by Crippen LogP contribution is -2.44. The van der Waals surface area contributed by atoms with Crippen LogP contribution in [0.15, 0.2) is 42.7 Å². The molecule has 38 heavy (non-hydrogen) atoms. The van der Waals surface area contributed by atoms with E-state index in [1.54, 1.807) is 12.1 Å². The van der Waals surface area contributed by atoms with Crippen molar-refractivity contribution < 1.29 is 27.4 Å². The SMILES string of the molecule is O=C(NCC(c1cnc(C(F)(F)F)nc1)N1CCOCC1)c1cccc2nc(N3CCCOCC3)ccc12. The molecule has 1 N–H and O–H groups in total. The number of anilines is 1. The van der Waals surface area contributed by atoms with Crippen LogP contribution >= 0.6 is 0 Å². The van der Waals surface area contributed by atoms with Gasteiger partial charge in [0.1, 0.15) is 5.82 Å². The summed E-state index contributed by atoms with van der Waals surface area (Å²) in [6.07, 6.45) is -1.33. The zero-order chi connectivity index (χ0) is 26.5. The molecule has 1 aromatic carbocycles. The zero-order valence-electron chi connectivity index (χ0n) is 20.8. The molecule has 202 valence electrons. The molecular formula is C26H29F3N6O3. The second-order valence-electron chi connectivity index (χ2n) is 9.21. The molecule has 4 heterocycles. The third-order valence-electron chi connectivity index (χ3n) is 6.76. The Morgan fingerprint density at radius 3 is 2.47 bits per heavy atom. The van der Waals surface area contributed by atoms with E-state index in [2.05, 4.69) is 25.1 Å². The molecule has 1 unspecified atom stereocenters. The summed E-state index contributed by atoms with van der Waals surface area (Å²) >= 11 is 0. The van der Waals surface area contributed by atoms with E-state index in [1.807, 2.05) is 18.2 Å². The predicted molar refractivity (Wildman–Crippen MR) is 134 cm³/mol. The van der Waals surface area contributed by atoms with Crippen molar-refractivity contribution in [2.24, 2.45) is 0 Å². The lowest BCUT2D eigenvalue weighted by molar-refractivity contribution is -0.145. The number of aromatic nitrogens is 3. The van der Waals surface area contributed by atoms with Gasteiger partial charge in [0.05, 0.1) is 31.4 Å². The first kappa shape index (κ1) is 26.3. The Morgan fingerprint density at radius 1 is 0.974 bits per heavy atom. The number of alkyl halides is 3. The van der Waals surface area contributed by atoms with Crippen molar-refractivity contribution in [3.63, 3.8) is 0 Å². The first-order valence-electron chi connectivity index (χ1n) is 12.6. The number of carbonyl (C=O) groups excluding carboxylic acids is 1. The van der Waals surface area contributed by atoms with Crippen LogP contribution in [0.2, 0.25) is 0 Å². The van der Waals surface area contributed by atoms with Crippen molar-refractivity contribution in [2.75, 3.05) is 64.1 Å². The molecule has 0 aliphatic carbocycles. The van der Waals surface area contributed by atoms with Gasteiger partial charge in [-0.15, -0.1) is 0 Å². The fourth-order valence-electron chi connectivity index (χ4n) is 4.78. The molecule has 12 heteroatoms. The van der Waals surface area contributed by atoms with Crippen molar-refractivity contribution in [1.82, 2.24) is 25.2 Å². The number of carbonyl (C=O) groups is 1. The maximum Gasteiger partial charge on any atom is 0.451 e. The Hall–Kier alpha value is -3.35. The van der Waals surface area contributed by atoms with Crippen LogP contribution in [0.1, 0.15) is 34.2 Å². The number of rotatable bonds is 6. The van der Waals surface area contributed by atoms with Gasteiger partial charge < -0.3 is 19.7 Å². The van der Waals surface area contributed by atoms with Gasteiger partial charge in [-0.3, -0.25) is 9.69 Å². The number of hydrogen-bond acceptors (Lipinski definition) is 8. The standard InChI is InChI=1S/C26H29F3N6O3/c27-26(28,29)25-31-15-18(16-32-25)22(34-8-12-38-13-9-34)17-30-24(36)20-3-1-4-21-19(20)5-6-23(33-21)35-7-2-11-37-14-10-35/h1,3-6,15-16,22H,2,7-14,17H2,(H,30,36). The number of benzene rings is 1. The van der Waals surface area contributed by atoms with Gasteiger partial charge in [-0.2, -0.15) is 13.2 Å². The average molecular weight is 531 g/mol. The van der Waals surface area contributed by atoms with E-state index in [-0.39, 0.29) is 12.5 Å². The number of hydrogen-bond donors (Lipinski definition) is 1. The highest BCUT2D eigenvalue weighted by molar-refractivity contribution is 6.06. The molecule has 1 atom stereocenters. The minimum atomic E-state index is -4.62. The molecule has 5 rings (SSSR count). The van der Waals surface area contributed by atoms with Crippen molar-refractivity contribution in [3.05, 3.63) is 59.7 Å². The normalized spacial score (nSPS) is 18.2. The van der Waals surface area contributed by atoms with Gasteiger partial charge in [-0.05, 0) is 30.7 Å². The molecule has 2 aromatic heterocycles. The first-order valence-corrected chi connectivity index (χ1v) is 12.6. The Labute approximate surface area is 218 Å². The second kappa shape index (κ2) is 11.6. The average Bonchev–Trinajstić information content (AvgIpc) is 3.23. The first-order chi connectivity index (χ1) is 18.4. The van der Waals surface area contributed by atoms with Crippen molar-refractivity contribution >= 4 is 22.6 Å². The summed E-state index contributed by atoms with van der Waals surface area (Å²) < 4.78 is 49.9. The Balaban J connectivity index is 1.34. The summed E-state index contributed by atoms with van der Waals surface area (Å²) in [5, 5.41) is 3.69. The van der Waals surface area contributed by atoms with Crippen LogP contribution in [-0.4, -0.2) is 84.9 Å². The van der Waals surface area contributed by atoms with Crippen molar-refractivity contribution in [3.8, 4) is 0 Å². The minimum Gasteiger partial charge on any atom is -0.380 e. The molecule has 2 fully saturated rings. The molecule has 2 aliphatic heterocycles. The van der Waals surface area contributed by atoms with Gasteiger partial charge in [0.15, 0.2) is 0 Å². The van der Waals surface area contributed by atoms with Crippen LogP contribution < -0.4 is 10.2 Å². The van der Waals surface area contributed by atoms with Crippen LogP contribution in [0.5, 0.6) is 0 Å². The number of ether oxygens (including phenoxy) is 2. The highest BCUT2D eigenvalue weighted by Crippen LogP contribution is 2.28. The predicted octanol–water partition coefficient (Wildman–Crippen LogP) is 3.07. The van der Waals surface area contributed by atoms with Crippen LogP contribution in [0.4, 0.5) is 19.0 Å². The highest BCUT2D eigenvalue weighted by Gasteiger charge is 2.35. The molecule has 0 radical (unpaired) electrons. The van der Waals surface area contributed by atoms with Crippen LogP contribution in [0.25, 0.3) is 10.9 Å². The zero-order valence-corrected chi connectivity index (χ0v) is 20.8. The number of amides is 1. The molecule has 0 spiro atoms. The van der Waals surface area contributed by atoms with E-state index in [4.69, 9.17) is 14.5 Å². The smallest absolute Gasteiger partial charge is 0.380 e. The van der Waals surface area contributed by atoms with Gasteiger partial charge in [-0.25, -0.2) is 15.0 Å². The molecule has 3 aromatic rings. The molecule has 0 saturated carbocycles. The summed E-state index contributed by atoms with van der Waals surface area (Å²) in [7, 11) is 0. The third kappa shape index (κ3) is 6.03. The third-order valence-corrected chi connectivity index (χ3v) is 6.76. The number of nitrogens with one attached hydrogen (secondary N) is 1. The summed E-state index contributed by atoms with van der Waals surface area (Å²) in [4.78, 5) is 29.4. The van der Waals surface area contributed by atoms with Crippen molar-refractivity contribution in [1.29, 1.82) is 0 Å². The van der Waals surface area contributed by atoms with Crippen LogP contribution in [-0.2, 0) is 15.7 Å². The Morgan fingerprint density at radius 2 is 1.71 bits per heavy atom. The summed E-state index contributed by atoms with van der Waals surface area (Å²) in [6, 6.07) is 8.82. The van der Waals surface area contributed by atoms with E-state index < -0.39 is 18.0 Å². The quantitative estimate of drug-likeness (QED) is 0.520. The summed E-state index contributed by atoms with van der Waals surface area (Å²) in [6.45, 7) is 5.30. The monoisotopic (exact) mass is 530 g/mol. The number of pyridine rings is 1. The molecule has 2 aliphatic rings. The van der Waals surface area contributed by atoms with Gasteiger partial charge in [0, 0.05) is 68.2 Å². The summed E-state index contributed by atoms with van der Waals surface area (Å²) in [5.74, 6) is -0.643. The van der Waals surface area contributed by atoms with Gasteiger partial charge in [0.25, 0.3) is 5.91 Å². The number of fused-ring (bicyclic) bond motifs is 1. The van der Waals surface area contributed by atoms with Gasteiger partial charge in [-0.1, -0.05) is 6.07 Å². The van der Waals surface area contributed by atoms with Crippen LogP contribution in [0.3, 0.4) is 0 Å². The number of halogens is 3. The van der Waals surface area contributed by atoms with E-state index >= 15 is 0 Å². The molecule has 2 saturated heterocycles. The number of nitrogens with zero attached hydrogens (tertiary/aromatic N) is 5. The fraction of sp³-hybridized carbons (Fsp3) is 0.462. The van der Waals surface area contributed by atoms with E-state index in [0.29, 0.717) is 49.6 Å². The second-order valence-corrected chi connectivity index (χ2v) is 9.21. The molecule has 1 amide bonds. The van der Waals surface area contributed by atoms with E-state index in [9.17, 15) is 18.0 Å². The van der Waals surface area contributed by atoms with Gasteiger partial charge >= 0.3 is 6.18 Å². The van der Waals surface area contributed by atoms with E-state index in [1.165, 1.54) is 12.4 Å². The lowest BCUT2D eigenvalue weighted by Gasteiger charge is -2.34. The van der Waals surface area contributed by atoms with E-state index in [0.717, 1.165) is 37.3 Å². The molecule has 9 nitrogen and oxygen atoms in total. The molecular weight excluding hydrogens is 501 g/mol. The van der Waals surface area contributed by atoms with Gasteiger partial charge in [0.2, 0.25) is 5.82 Å². The minimum absolute atomic E-state index is 0.170. The molecule has 0 bridgehead atoms. The fourth-order valence-corrected chi connectivity index (χ4v) is 4.78. The highest BCUT2D eigenvalue weighted by atomic mass is 19.4.